The minimum atomic E-state index is 0.685. The van der Waals surface area contributed by atoms with Crippen molar-refractivity contribution in [2.45, 2.75) is 6.92 Å². The van der Waals surface area contributed by atoms with Crippen molar-refractivity contribution in [1.29, 1.82) is 0 Å². The van der Waals surface area contributed by atoms with Crippen molar-refractivity contribution in [3.63, 3.8) is 0 Å². The SMILES string of the molecule is Cc1cccc2c1nc1n(-c3nc4ccccc4n3-c3ccccc3)c3cc(Oc4cccc([N+]5=C=[N+](c6c(-c7ccccc7)cccc6-c6ccccc6)c6ccccc65)c4)ccc3n21. The lowest BCUT2D eigenvalue weighted by atomic mass is 9.95. The Hall–Kier alpha value is -9.10. The van der Waals surface area contributed by atoms with Gasteiger partial charge in [0.1, 0.15) is 11.5 Å². The predicted molar refractivity (Wildman–Crippen MR) is 267 cm³/mol. The van der Waals surface area contributed by atoms with E-state index in [1.165, 1.54) is 0 Å². The minimum absolute atomic E-state index is 0.685. The van der Waals surface area contributed by atoms with Crippen molar-refractivity contribution in [3.05, 3.63) is 224 Å². The number of para-hydroxylation sites is 7. The van der Waals surface area contributed by atoms with Gasteiger partial charge in [-0.15, -0.1) is 0 Å². The standard InChI is InChI=1S/C58H39N7O/c1-39-18-15-33-53-55(39)60-58-64(53)52-35-34-45(37-54(52)65(58)57-59-48-29-11-12-30-49(48)63(57)42-23-9-4-10-24-42)66-44-26-16-25-43(36-44)61-38-62(51-32-14-13-31-50(51)61)56-46(40-19-5-2-6-20-40)27-17-28-47(56)41-21-7-3-8-22-41/h2-37H,1H3/q+2. The van der Waals surface area contributed by atoms with Crippen molar-refractivity contribution in [3.8, 4) is 45.4 Å². The smallest absolute Gasteiger partial charge is 0.457 e. The molecule has 0 bridgehead atoms. The summed E-state index contributed by atoms with van der Waals surface area (Å²) in [7, 11) is 0. The van der Waals surface area contributed by atoms with Gasteiger partial charge in [-0.05, 0) is 93.4 Å². The number of hydrogen-bond acceptors (Lipinski definition) is 3. The third-order valence-corrected chi connectivity index (χ3v) is 12.6. The van der Waals surface area contributed by atoms with Crippen LogP contribution in [0, 0.1) is 6.92 Å². The van der Waals surface area contributed by atoms with Crippen molar-refractivity contribution in [1.82, 2.24) is 32.7 Å². The lowest BCUT2D eigenvalue weighted by Gasteiger charge is -2.11. The molecule has 4 heterocycles. The molecule has 8 heteroatoms. The zero-order valence-electron chi connectivity index (χ0n) is 35.8. The lowest BCUT2D eigenvalue weighted by molar-refractivity contribution is 0.483. The van der Waals surface area contributed by atoms with E-state index in [9.17, 15) is 0 Å². The molecule has 0 radical (unpaired) electrons. The van der Waals surface area contributed by atoms with Gasteiger partial charge in [-0.2, -0.15) is 0 Å². The van der Waals surface area contributed by atoms with Gasteiger partial charge in [0, 0.05) is 30.0 Å². The summed E-state index contributed by atoms with van der Waals surface area (Å²) >= 11 is 0. The van der Waals surface area contributed by atoms with E-state index in [4.69, 9.17) is 14.7 Å². The maximum atomic E-state index is 6.85. The maximum absolute atomic E-state index is 6.85. The number of hydrogen-bond donors (Lipinski definition) is 0. The molecule has 9 aromatic carbocycles. The monoisotopic (exact) mass is 849 g/mol. The first-order valence-corrected chi connectivity index (χ1v) is 22.1. The number of rotatable bonds is 8. The first-order valence-electron chi connectivity index (χ1n) is 22.1. The second kappa shape index (κ2) is 15.0. The van der Waals surface area contributed by atoms with Crippen molar-refractivity contribution in [2.75, 3.05) is 0 Å². The van der Waals surface area contributed by atoms with Gasteiger partial charge in [-0.3, -0.25) is 8.97 Å². The molecule has 1 aliphatic heterocycles. The Morgan fingerprint density at radius 3 is 1.85 bits per heavy atom. The second-order valence-corrected chi connectivity index (χ2v) is 16.5. The summed E-state index contributed by atoms with van der Waals surface area (Å²) in [6.07, 6.45) is 0. The number of fused-ring (bicyclic) bond motifs is 7. The van der Waals surface area contributed by atoms with Gasteiger partial charge in [-0.1, -0.05) is 127 Å². The predicted octanol–water partition coefficient (Wildman–Crippen LogP) is 14.1. The fourth-order valence-electron chi connectivity index (χ4n) is 9.57. The summed E-state index contributed by atoms with van der Waals surface area (Å²) < 4.78 is 17.8. The number of aryl methyl sites for hydroxylation is 1. The molecule has 0 spiro atoms. The van der Waals surface area contributed by atoms with Gasteiger partial charge in [0.2, 0.25) is 23.1 Å². The maximum Gasteiger partial charge on any atom is 0.503 e. The van der Waals surface area contributed by atoms with E-state index < -0.39 is 0 Å². The second-order valence-electron chi connectivity index (χ2n) is 16.5. The molecule has 0 atom stereocenters. The normalized spacial score (nSPS) is 12.3. The van der Waals surface area contributed by atoms with Gasteiger partial charge < -0.3 is 4.74 Å². The van der Waals surface area contributed by atoms with Crippen LogP contribution in [0.2, 0.25) is 0 Å². The highest BCUT2D eigenvalue weighted by atomic mass is 16.5. The van der Waals surface area contributed by atoms with Crippen LogP contribution >= 0.6 is 0 Å². The van der Waals surface area contributed by atoms with Crippen molar-refractivity contribution >= 4 is 67.6 Å². The van der Waals surface area contributed by atoms with E-state index in [-0.39, 0.29) is 0 Å². The summed E-state index contributed by atoms with van der Waals surface area (Å²) in [4.78, 5) is 10.6. The molecular weight excluding hydrogens is 811 g/mol. The number of ether oxygens (including phenoxy) is 1. The molecular formula is C58H39N7O+2. The molecule has 0 fully saturated rings. The molecule has 0 saturated carbocycles. The molecule has 12 aromatic rings. The highest BCUT2D eigenvalue weighted by molar-refractivity contribution is 5.97. The minimum Gasteiger partial charge on any atom is -0.457 e. The molecule has 13 rings (SSSR count). The van der Waals surface area contributed by atoms with Gasteiger partial charge in [0.05, 0.1) is 50.3 Å². The Balaban J connectivity index is 0.971. The van der Waals surface area contributed by atoms with Gasteiger partial charge in [-0.25, -0.2) is 14.5 Å². The molecule has 8 nitrogen and oxygen atoms in total. The topological polar surface area (TPSA) is 55.3 Å². The van der Waals surface area contributed by atoms with Crippen LogP contribution in [0.3, 0.4) is 0 Å². The van der Waals surface area contributed by atoms with E-state index in [0.29, 0.717) is 11.5 Å². The first kappa shape index (κ1) is 37.5. The van der Waals surface area contributed by atoms with Crippen molar-refractivity contribution in [2.24, 2.45) is 0 Å². The Labute approximate surface area is 379 Å². The van der Waals surface area contributed by atoms with Crippen molar-refractivity contribution < 1.29 is 4.74 Å². The fraction of sp³-hybridized carbons (Fsp3) is 0.0172. The third-order valence-electron chi connectivity index (χ3n) is 12.6. The Morgan fingerprint density at radius 1 is 0.470 bits per heavy atom. The Morgan fingerprint density at radius 2 is 1.09 bits per heavy atom. The number of imidazole rings is 3. The molecule has 310 valence electrons. The zero-order chi connectivity index (χ0) is 43.7. The molecule has 0 amide bonds. The summed E-state index contributed by atoms with van der Waals surface area (Å²) in [5.74, 6) is 2.89. The van der Waals surface area contributed by atoms with Crippen LogP contribution in [0.4, 0.5) is 22.7 Å². The molecule has 0 unspecified atom stereocenters. The van der Waals surface area contributed by atoms with Crippen LogP contribution in [0.25, 0.3) is 72.8 Å². The summed E-state index contributed by atoms with van der Waals surface area (Å²) in [5, 5.41) is 0. The van der Waals surface area contributed by atoms with Gasteiger partial charge in [0.15, 0.2) is 0 Å². The number of benzene rings is 9. The average Bonchev–Trinajstić information content (AvgIpc) is 4.14. The van der Waals surface area contributed by atoms with Crippen LogP contribution in [0.1, 0.15) is 5.56 Å². The molecule has 3 aromatic heterocycles. The zero-order valence-corrected chi connectivity index (χ0v) is 35.8. The van der Waals surface area contributed by atoms with Crippen LogP contribution in [-0.4, -0.2) is 29.5 Å². The van der Waals surface area contributed by atoms with Crippen LogP contribution in [0.15, 0.2) is 218 Å². The summed E-state index contributed by atoms with van der Waals surface area (Å²) in [5.41, 5.74) is 16.5. The van der Waals surface area contributed by atoms with E-state index >= 15 is 0 Å². The quantitative estimate of drug-likeness (QED) is 0.143. The van der Waals surface area contributed by atoms with E-state index in [0.717, 1.165) is 101 Å². The average molecular weight is 850 g/mol. The van der Waals surface area contributed by atoms with E-state index in [2.05, 4.69) is 224 Å². The first-order chi connectivity index (χ1) is 32.7. The Kier molecular flexibility index (Phi) is 8.53. The summed E-state index contributed by atoms with van der Waals surface area (Å²) in [6, 6.07) is 79.5. The molecule has 66 heavy (non-hydrogen) atoms. The van der Waals surface area contributed by atoms with Gasteiger partial charge >= 0.3 is 6.01 Å². The third kappa shape index (κ3) is 5.94. The molecule has 0 N–H and O–H groups in total. The van der Waals surface area contributed by atoms with E-state index in [1.54, 1.807) is 0 Å². The van der Waals surface area contributed by atoms with Crippen LogP contribution in [-0.2, 0) is 0 Å². The molecule has 0 aliphatic carbocycles. The summed E-state index contributed by atoms with van der Waals surface area (Å²) in [6.45, 7) is 2.11. The van der Waals surface area contributed by atoms with Crippen LogP contribution < -0.4 is 13.9 Å². The molecule has 1 aliphatic rings. The molecule has 0 saturated heterocycles. The number of nitrogens with zero attached hydrogens (tertiary/aromatic N) is 7. The fourth-order valence-corrected chi connectivity index (χ4v) is 9.57. The van der Waals surface area contributed by atoms with Gasteiger partial charge in [0.25, 0.3) is 11.4 Å². The highest BCUT2D eigenvalue weighted by Crippen LogP contribution is 2.45. The van der Waals surface area contributed by atoms with E-state index in [1.807, 2.05) is 30.3 Å². The lowest BCUT2D eigenvalue weighted by Crippen LogP contribution is -2.06. The highest BCUT2D eigenvalue weighted by Gasteiger charge is 2.39. The number of aromatic nitrogens is 5. The van der Waals surface area contributed by atoms with Crippen LogP contribution in [0.5, 0.6) is 11.5 Å². The Bertz CT molecular complexity index is 3890. The largest absolute Gasteiger partial charge is 0.503 e.